The molecule has 1 aromatic rings. The summed E-state index contributed by atoms with van der Waals surface area (Å²) >= 11 is 0. The second kappa shape index (κ2) is 4.72. The van der Waals surface area contributed by atoms with E-state index in [4.69, 9.17) is 0 Å². The average molecular weight is 258 g/mol. The fourth-order valence-corrected chi connectivity index (χ4v) is 3.45. The summed E-state index contributed by atoms with van der Waals surface area (Å²) in [6.07, 6.45) is 0.777. The molecule has 0 spiro atoms. The van der Waals surface area contributed by atoms with Crippen LogP contribution in [0.3, 0.4) is 0 Å². The van der Waals surface area contributed by atoms with Gasteiger partial charge in [-0.2, -0.15) is 0 Å². The summed E-state index contributed by atoms with van der Waals surface area (Å²) in [5.74, 6) is -0.427. The normalized spacial score (nSPS) is 20.7. The SMILES string of the molecule is Cc1cc(F)ccc1S(=O)(=O)NC1CCNC1. The molecule has 94 valence electrons. The summed E-state index contributed by atoms with van der Waals surface area (Å²) in [5, 5.41) is 3.08. The van der Waals surface area contributed by atoms with E-state index in [1.54, 1.807) is 6.92 Å². The number of hydrogen-bond acceptors (Lipinski definition) is 3. The van der Waals surface area contributed by atoms with Gasteiger partial charge in [-0.25, -0.2) is 17.5 Å². The fraction of sp³-hybridized carbons (Fsp3) is 0.455. The van der Waals surface area contributed by atoms with Crippen LogP contribution in [0.1, 0.15) is 12.0 Å². The Morgan fingerprint density at radius 1 is 1.47 bits per heavy atom. The maximum absolute atomic E-state index is 12.9. The van der Waals surface area contributed by atoms with Crippen molar-refractivity contribution in [3.63, 3.8) is 0 Å². The average Bonchev–Trinajstić information content (AvgIpc) is 2.68. The van der Waals surface area contributed by atoms with Gasteiger partial charge < -0.3 is 5.32 Å². The number of hydrogen-bond donors (Lipinski definition) is 2. The van der Waals surface area contributed by atoms with Gasteiger partial charge in [-0.3, -0.25) is 0 Å². The Labute approximate surface area is 100 Å². The molecule has 2 N–H and O–H groups in total. The number of sulfonamides is 1. The van der Waals surface area contributed by atoms with Crippen LogP contribution in [0.25, 0.3) is 0 Å². The molecule has 1 aromatic carbocycles. The summed E-state index contributed by atoms with van der Waals surface area (Å²) in [5.41, 5.74) is 0.420. The molecule has 0 aromatic heterocycles. The van der Waals surface area contributed by atoms with Crippen LogP contribution in [0.4, 0.5) is 4.39 Å². The quantitative estimate of drug-likeness (QED) is 0.842. The van der Waals surface area contributed by atoms with E-state index in [2.05, 4.69) is 10.0 Å². The van der Waals surface area contributed by atoms with Gasteiger partial charge in [0.05, 0.1) is 4.90 Å². The molecular formula is C11H15FN2O2S. The van der Waals surface area contributed by atoms with Crippen molar-refractivity contribution in [1.29, 1.82) is 0 Å². The van der Waals surface area contributed by atoms with E-state index in [0.29, 0.717) is 12.1 Å². The molecule has 1 aliphatic rings. The highest BCUT2D eigenvalue weighted by Crippen LogP contribution is 2.17. The molecule has 1 saturated heterocycles. The zero-order valence-corrected chi connectivity index (χ0v) is 10.3. The molecule has 0 amide bonds. The smallest absolute Gasteiger partial charge is 0.241 e. The Hall–Kier alpha value is -0.980. The lowest BCUT2D eigenvalue weighted by Gasteiger charge is -2.13. The van der Waals surface area contributed by atoms with Crippen LogP contribution in [-0.4, -0.2) is 27.5 Å². The number of benzene rings is 1. The predicted octanol–water partition coefficient (Wildman–Crippen LogP) is 0.774. The Morgan fingerprint density at radius 2 is 2.24 bits per heavy atom. The van der Waals surface area contributed by atoms with Crippen LogP contribution in [0.15, 0.2) is 23.1 Å². The summed E-state index contributed by atoms with van der Waals surface area (Å²) in [7, 11) is -3.55. The van der Waals surface area contributed by atoms with Gasteiger partial charge in [0.15, 0.2) is 0 Å². The van der Waals surface area contributed by atoms with Gasteiger partial charge in [0.25, 0.3) is 0 Å². The third-order valence-electron chi connectivity index (χ3n) is 2.81. The molecule has 1 heterocycles. The third kappa shape index (κ3) is 2.83. The molecule has 1 fully saturated rings. The second-order valence-corrected chi connectivity index (χ2v) is 5.90. The highest BCUT2D eigenvalue weighted by molar-refractivity contribution is 7.89. The number of halogens is 1. The Bertz CT molecular complexity index is 510. The van der Waals surface area contributed by atoms with Crippen LogP contribution in [0.2, 0.25) is 0 Å². The van der Waals surface area contributed by atoms with E-state index in [9.17, 15) is 12.8 Å². The third-order valence-corrected chi connectivity index (χ3v) is 4.49. The van der Waals surface area contributed by atoms with Crippen molar-refractivity contribution in [3.05, 3.63) is 29.6 Å². The predicted molar refractivity (Wildman–Crippen MR) is 62.7 cm³/mol. The first-order valence-electron chi connectivity index (χ1n) is 5.48. The molecule has 6 heteroatoms. The van der Waals surface area contributed by atoms with Gasteiger partial charge in [-0.15, -0.1) is 0 Å². The van der Waals surface area contributed by atoms with Crippen molar-refractivity contribution >= 4 is 10.0 Å². The molecule has 2 rings (SSSR count). The highest BCUT2D eigenvalue weighted by Gasteiger charge is 2.23. The zero-order valence-electron chi connectivity index (χ0n) is 9.53. The van der Waals surface area contributed by atoms with E-state index >= 15 is 0 Å². The maximum Gasteiger partial charge on any atom is 0.241 e. The fourth-order valence-electron chi connectivity index (χ4n) is 1.95. The Morgan fingerprint density at radius 3 is 2.82 bits per heavy atom. The summed E-state index contributed by atoms with van der Waals surface area (Å²) in [6.45, 7) is 3.04. The summed E-state index contributed by atoms with van der Waals surface area (Å²) in [6, 6.07) is 3.61. The number of rotatable bonds is 3. The van der Waals surface area contributed by atoms with E-state index in [0.717, 1.165) is 19.0 Å². The number of nitrogens with one attached hydrogen (secondary N) is 2. The molecule has 0 saturated carbocycles. The van der Waals surface area contributed by atoms with Crippen molar-refractivity contribution < 1.29 is 12.8 Å². The second-order valence-electron chi connectivity index (χ2n) is 4.22. The minimum absolute atomic E-state index is 0.0792. The van der Waals surface area contributed by atoms with Crippen LogP contribution >= 0.6 is 0 Å². The van der Waals surface area contributed by atoms with Crippen molar-refractivity contribution in [3.8, 4) is 0 Å². The molecule has 0 radical (unpaired) electrons. The summed E-state index contributed by atoms with van der Waals surface area (Å²) < 4.78 is 39.7. The van der Waals surface area contributed by atoms with E-state index < -0.39 is 15.8 Å². The first-order valence-corrected chi connectivity index (χ1v) is 6.96. The van der Waals surface area contributed by atoms with Gasteiger partial charge in [-0.1, -0.05) is 0 Å². The lowest BCUT2D eigenvalue weighted by atomic mass is 10.2. The molecular weight excluding hydrogens is 243 g/mol. The van der Waals surface area contributed by atoms with Crippen LogP contribution in [0, 0.1) is 12.7 Å². The highest BCUT2D eigenvalue weighted by atomic mass is 32.2. The van der Waals surface area contributed by atoms with Gasteiger partial charge in [0.1, 0.15) is 5.82 Å². The first-order chi connectivity index (χ1) is 7.99. The van der Waals surface area contributed by atoms with Crippen LogP contribution < -0.4 is 10.0 Å². The minimum atomic E-state index is -3.55. The minimum Gasteiger partial charge on any atom is -0.315 e. The van der Waals surface area contributed by atoms with Crippen molar-refractivity contribution in [2.45, 2.75) is 24.3 Å². The van der Waals surface area contributed by atoms with Gasteiger partial charge >= 0.3 is 0 Å². The van der Waals surface area contributed by atoms with Gasteiger partial charge in [0, 0.05) is 12.6 Å². The molecule has 4 nitrogen and oxygen atoms in total. The van der Waals surface area contributed by atoms with E-state index in [1.165, 1.54) is 12.1 Å². The largest absolute Gasteiger partial charge is 0.315 e. The Kier molecular flexibility index (Phi) is 3.46. The molecule has 1 unspecified atom stereocenters. The molecule has 1 aliphatic heterocycles. The van der Waals surface area contributed by atoms with Gasteiger partial charge in [-0.05, 0) is 43.7 Å². The lowest BCUT2D eigenvalue weighted by Crippen LogP contribution is -2.36. The van der Waals surface area contributed by atoms with Crippen molar-refractivity contribution in [1.82, 2.24) is 10.0 Å². The van der Waals surface area contributed by atoms with Crippen molar-refractivity contribution in [2.75, 3.05) is 13.1 Å². The lowest BCUT2D eigenvalue weighted by molar-refractivity contribution is 0.559. The van der Waals surface area contributed by atoms with Crippen LogP contribution in [-0.2, 0) is 10.0 Å². The van der Waals surface area contributed by atoms with E-state index in [-0.39, 0.29) is 10.9 Å². The first kappa shape index (κ1) is 12.5. The van der Waals surface area contributed by atoms with Crippen molar-refractivity contribution in [2.24, 2.45) is 0 Å². The Balaban J connectivity index is 2.24. The van der Waals surface area contributed by atoms with Gasteiger partial charge in [0.2, 0.25) is 10.0 Å². The van der Waals surface area contributed by atoms with Crippen LogP contribution in [0.5, 0.6) is 0 Å². The topological polar surface area (TPSA) is 58.2 Å². The standard InChI is InChI=1S/C11H15FN2O2S/c1-8-6-9(12)2-3-11(8)17(15,16)14-10-4-5-13-7-10/h2-3,6,10,13-14H,4-5,7H2,1H3. The molecule has 17 heavy (non-hydrogen) atoms. The molecule has 1 atom stereocenters. The van der Waals surface area contributed by atoms with E-state index in [1.807, 2.05) is 0 Å². The summed E-state index contributed by atoms with van der Waals surface area (Å²) in [4.78, 5) is 0.144. The molecule has 0 bridgehead atoms. The molecule has 0 aliphatic carbocycles. The zero-order chi connectivity index (χ0) is 12.5. The number of aryl methyl sites for hydroxylation is 1. The monoisotopic (exact) mass is 258 g/mol. The maximum atomic E-state index is 12.9.